The Kier molecular flexibility index (Phi) is 8.51. The second-order valence-corrected chi connectivity index (χ2v) is 7.30. The van der Waals surface area contributed by atoms with Crippen LogP contribution in [0.3, 0.4) is 0 Å². The Morgan fingerprint density at radius 1 is 0.875 bits per heavy atom. The summed E-state index contributed by atoms with van der Waals surface area (Å²) in [5, 5.41) is 0. The number of hydrogen-bond donors (Lipinski definition) is 0. The van der Waals surface area contributed by atoms with Crippen LogP contribution in [0.2, 0.25) is 0 Å². The Morgan fingerprint density at radius 2 is 1.42 bits per heavy atom. The van der Waals surface area contributed by atoms with Crippen molar-refractivity contribution in [1.82, 2.24) is 0 Å². The van der Waals surface area contributed by atoms with Crippen molar-refractivity contribution >= 4 is 11.9 Å². The summed E-state index contributed by atoms with van der Waals surface area (Å²) < 4.78 is 10.7. The van der Waals surface area contributed by atoms with Crippen molar-refractivity contribution < 1.29 is 19.1 Å². The molecule has 0 amide bonds. The summed E-state index contributed by atoms with van der Waals surface area (Å²) in [6.45, 7) is 8.07. The molecule has 0 radical (unpaired) electrons. The highest BCUT2D eigenvalue weighted by Crippen LogP contribution is 2.29. The van der Waals surface area contributed by atoms with Gasteiger partial charge in [0.2, 0.25) is 0 Å². The van der Waals surface area contributed by atoms with Crippen molar-refractivity contribution in [3.05, 3.63) is 24.3 Å². The number of ether oxygens (including phenoxy) is 2. The molecule has 0 saturated carbocycles. The number of unbranched alkanes of at least 4 members (excludes halogenated alkanes) is 4. The van der Waals surface area contributed by atoms with Crippen molar-refractivity contribution in [2.75, 3.05) is 0 Å². The first-order chi connectivity index (χ1) is 11.3. The SMILES string of the molecule is CCCCCCCC(=O)Oc1ccccc1OC(=O)CC(C)(C)C. The Labute approximate surface area is 145 Å². The fraction of sp³-hybridized carbons (Fsp3) is 0.600. The van der Waals surface area contributed by atoms with Crippen LogP contribution in [0.15, 0.2) is 24.3 Å². The molecular weight excluding hydrogens is 304 g/mol. The van der Waals surface area contributed by atoms with Crippen LogP contribution >= 0.6 is 0 Å². The Hall–Kier alpha value is -1.84. The first-order valence-electron chi connectivity index (χ1n) is 8.82. The van der Waals surface area contributed by atoms with E-state index in [9.17, 15) is 9.59 Å². The van der Waals surface area contributed by atoms with Gasteiger partial charge in [0.05, 0.1) is 6.42 Å². The van der Waals surface area contributed by atoms with Crippen LogP contribution in [0, 0.1) is 5.41 Å². The lowest BCUT2D eigenvalue weighted by Gasteiger charge is -2.17. The summed E-state index contributed by atoms with van der Waals surface area (Å²) in [5.41, 5.74) is -0.152. The van der Waals surface area contributed by atoms with Gasteiger partial charge in [0.15, 0.2) is 11.5 Å². The molecule has 0 aliphatic rings. The normalized spacial score (nSPS) is 11.2. The van der Waals surface area contributed by atoms with Gasteiger partial charge in [-0.1, -0.05) is 65.5 Å². The summed E-state index contributed by atoms with van der Waals surface area (Å²) in [7, 11) is 0. The van der Waals surface area contributed by atoms with E-state index in [0.29, 0.717) is 24.3 Å². The zero-order chi connectivity index (χ0) is 18.0. The van der Waals surface area contributed by atoms with Crippen LogP contribution in [0.1, 0.15) is 72.6 Å². The number of esters is 2. The maximum atomic E-state index is 12.0. The Bertz CT molecular complexity index is 529. The molecule has 0 aromatic heterocycles. The van der Waals surface area contributed by atoms with E-state index in [1.165, 1.54) is 12.8 Å². The van der Waals surface area contributed by atoms with Crippen molar-refractivity contribution in [1.29, 1.82) is 0 Å². The molecule has 24 heavy (non-hydrogen) atoms. The van der Waals surface area contributed by atoms with Crippen LogP contribution in [0.25, 0.3) is 0 Å². The van der Waals surface area contributed by atoms with E-state index >= 15 is 0 Å². The Balaban J connectivity index is 2.53. The van der Waals surface area contributed by atoms with Gasteiger partial charge in [-0.15, -0.1) is 0 Å². The molecule has 1 rings (SSSR count). The summed E-state index contributed by atoms with van der Waals surface area (Å²) >= 11 is 0. The second kappa shape index (κ2) is 10.1. The van der Waals surface area contributed by atoms with Gasteiger partial charge in [-0.2, -0.15) is 0 Å². The fourth-order valence-corrected chi connectivity index (χ4v) is 2.26. The summed E-state index contributed by atoms with van der Waals surface area (Å²) in [5.74, 6) is -0.0132. The molecule has 0 atom stereocenters. The average molecular weight is 334 g/mol. The van der Waals surface area contributed by atoms with Gasteiger partial charge >= 0.3 is 11.9 Å². The number of benzene rings is 1. The number of hydrogen-bond acceptors (Lipinski definition) is 4. The van der Waals surface area contributed by atoms with Gasteiger partial charge in [-0.3, -0.25) is 9.59 Å². The van der Waals surface area contributed by atoms with Crippen LogP contribution < -0.4 is 9.47 Å². The van der Waals surface area contributed by atoms with E-state index < -0.39 is 0 Å². The number of carbonyl (C=O) groups excluding carboxylic acids is 2. The van der Waals surface area contributed by atoms with Crippen LogP contribution in [0.5, 0.6) is 11.5 Å². The molecule has 0 fully saturated rings. The first kappa shape index (κ1) is 20.2. The summed E-state index contributed by atoms with van der Waals surface area (Å²) in [4.78, 5) is 23.9. The van der Waals surface area contributed by atoms with E-state index in [-0.39, 0.29) is 17.4 Å². The third-order valence-corrected chi connectivity index (χ3v) is 3.46. The predicted octanol–water partition coefficient (Wildman–Crippen LogP) is 5.29. The molecule has 134 valence electrons. The van der Waals surface area contributed by atoms with Gasteiger partial charge in [0.1, 0.15) is 0 Å². The van der Waals surface area contributed by atoms with E-state index in [2.05, 4.69) is 6.92 Å². The largest absolute Gasteiger partial charge is 0.423 e. The molecule has 0 N–H and O–H groups in total. The minimum Gasteiger partial charge on any atom is -0.423 e. The molecule has 0 spiro atoms. The lowest BCUT2D eigenvalue weighted by atomic mass is 9.92. The molecule has 0 saturated heterocycles. The molecular formula is C20H30O4. The lowest BCUT2D eigenvalue weighted by Crippen LogP contribution is -2.18. The molecule has 0 bridgehead atoms. The van der Waals surface area contributed by atoms with E-state index in [0.717, 1.165) is 19.3 Å². The zero-order valence-corrected chi connectivity index (χ0v) is 15.4. The molecule has 0 unspecified atom stereocenters. The number of carbonyl (C=O) groups is 2. The van der Waals surface area contributed by atoms with Crippen molar-refractivity contribution in [3.8, 4) is 11.5 Å². The standard InChI is InChI=1S/C20H30O4/c1-5-6-7-8-9-14-18(21)23-16-12-10-11-13-17(16)24-19(22)15-20(2,3)4/h10-13H,5-9,14-15H2,1-4H3. The zero-order valence-electron chi connectivity index (χ0n) is 15.4. The highest BCUT2D eigenvalue weighted by Gasteiger charge is 2.19. The Morgan fingerprint density at radius 3 is 1.96 bits per heavy atom. The third-order valence-electron chi connectivity index (χ3n) is 3.46. The van der Waals surface area contributed by atoms with Gasteiger partial charge in [0.25, 0.3) is 0 Å². The summed E-state index contributed by atoms with van der Waals surface area (Å²) in [6.07, 6.45) is 6.06. The fourth-order valence-electron chi connectivity index (χ4n) is 2.26. The van der Waals surface area contributed by atoms with Crippen molar-refractivity contribution in [2.45, 2.75) is 72.6 Å². The van der Waals surface area contributed by atoms with Gasteiger partial charge in [0, 0.05) is 6.42 Å². The van der Waals surface area contributed by atoms with Crippen molar-refractivity contribution in [2.24, 2.45) is 5.41 Å². The monoisotopic (exact) mass is 334 g/mol. The maximum Gasteiger partial charge on any atom is 0.311 e. The quantitative estimate of drug-likeness (QED) is 0.349. The highest BCUT2D eigenvalue weighted by atomic mass is 16.6. The highest BCUT2D eigenvalue weighted by molar-refractivity contribution is 5.76. The van der Waals surface area contributed by atoms with Gasteiger partial charge in [-0.25, -0.2) is 0 Å². The number of para-hydroxylation sites is 2. The minimum absolute atomic E-state index is 0.152. The molecule has 0 heterocycles. The third kappa shape index (κ3) is 8.70. The molecule has 1 aromatic carbocycles. The topological polar surface area (TPSA) is 52.6 Å². The maximum absolute atomic E-state index is 12.0. The minimum atomic E-state index is -0.328. The van der Waals surface area contributed by atoms with Crippen LogP contribution in [-0.2, 0) is 9.59 Å². The predicted molar refractivity (Wildman–Crippen MR) is 95.2 cm³/mol. The second-order valence-electron chi connectivity index (χ2n) is 7.30. The molecule has 4 heteroatoms. The first-order valence-corrected chi connectivity index (χ1v) is 8.82. The van der Waals surface area contributed by atoms with Gasteiger partial charge < -0.3 is 9.47 Å². The lowest BCUT2D eigenvalue weighted by molar-refractivity contribution is -0.138. The smallest absolute Gasteiger partial charge is 0.311 e. The van der Waals surface area contributed by atoms with E-state index in [1.807, 2.05) is 20.8 Å². The summed E-state index contributed by atoms with van der Waals surface area (Å²) in [6, 6.07) is 6.80. The molecule has 0 aliphatic heterocycles. The van der Waals surface area contributed by atoms with E-state index in [1.54, 1.807) is 24.3 Å². The number of rotatable bonds is 9. The average Bonchev–Trinajstić information content (AvgIpc) is 2.47. The molecule has 1 aromatic rings. The molecule has 0 aliphatic carbocycles. The van der Waals surface area contributed by atoms with Crippen LogP contribution in [-0.4, -0.2) is 11.9 Å². The van der Waals surface area contributed by atoms with Gasteiger partial charge in [-0.05, 0) is 24.0 Å². The van der Waals surface area contributed by atoms with Crippen LogP contribution in [0.4, 0.5) is 0 Å². The van der Waals surface area contributed by atoms with E-state index in [4.69, 9.17) is 9.47 Å². The molecule has 4 nitrogen and oxygen atoms in total. The van der Waals surface area contributed by atoms with Crippen molar-refractivity contribution in [3.63, 3.8) is 0 Å².